The SMILES string of the molecule is CCOC(=O)c1cc(N2CCOCC2C)ncc1N. The van der Waals surface area contributed by atoms with Crippen LogP contribution in [-0.2, 0) is 9.47 Å². The lowest BCUT2D eigenvalue weighted by Gasteiger charge is -2.34. The molecule has 6 nitrogen and oxygen atoms in total. The number of hydrogen-bond acceptors (Lipinski definition) is 6. The van der Waals surface area contributed by atoms with Gasteiger partial charge in [0.05, 0.1) is 43.3 Å². The third-order valence-corrected chi connectivity index (χ3v) is 3.08. The lowest BCUT2D eigenvalue weighted by Crippen LogP contribution is -2.44. The minimum Gasteiger partial charge on any atom is -0.462 e. The Hall–Kier alpha value is -1.82. The summed E-state index contributed by atoms with van der Waals surface area (Å²) in [4.78, 5) is 18.2. The third kappa shape index (κ3) is 2.96. The largest absolute Gasteiger partial charge is 0.462 e. The quantitative estimate of drug-likeness (QED) is 0.824. The molecule has 6 heteroatoms. The normalized spacial score (nSPS) is 19.3. The van der Waals surface area contributed by atoms with E-state index in [-0.39, 0.29) is 6.04 Å². The maximum absolute atomic E-state index is 11.8. The van der Waals surface area contributed by atoms with Crippen molar-refractivity contribution in [2.75, 3.05) is 37.0 Å². The number of nitrogens with two attached hydrogens (primary N) is 1. The van der Waals surface area contributed by atoms with Crippen LogP contribution in [0.2, 0.25) is 0 Å². The highest BCUT2D eigenvalue weighted by atomic mass is 16.5. The van der Waals surface area contributed by atoms with Crippen molar-refractivity contribution >= 4 is 17.5 Å². The predicted molar refractivity (Wildman–Crippen MR) is 72.2 cm³/mol. The summed E-state index contributed by atoms with van der Waals surface area (Å²) in [6.45, 7) is 6.21. The molecule has 1 atom stereocenters. The molecular weight excluding hydrogens is 246 g/mol. The highest BCUT2D eigenvalue weighted by molar-refractivity contribution is 5.95. The number of carbonyl (C=O) groups excluding carboxylic acids is 1. The van der Waals surface area contributed by atoms with Gasteiger partial charge in [-0.3, -0.25) is 0 Å². The molecule has 2 N–H and O–H groups in total. The Kier molecular flexibility index (Phi) is 4.21. The Morgan fingerprint density at radius 2 is 2.47 bits per heavy atom. The zero-order valence-electron chi connectivity index (χ0n) is 11.3. The van der Waals surface area contributed by atoms with Gasteiger partial charge in [-0.15, -0.1) is 0 Å². The van der Waals surface area contributed by atoms with Crippen LogP contribution >= 0.6 is 0 Å². The molecule has 104 valence electrons. The third-order valence-electron chi connectivity index (χ3n) is 3.08. The molecular formula is C13H19N3O3. The first-order chi connectivity index (χ1) is 9.13. The zero-order valence-corrected chi connectivity index (χ0v) is 11.3. The van der Waals surface area contributed by atoms with E-state index >= 15 is 0 Å². The monoisotopic (exact) mass is 265 g/mol. The van der Waals surface area contributed by atoms with Gasteiger partial charge in [-0.2, -0.15) is 0 Å². The minimum atomic E-state index is -0.412. The molecule has 1 unspecified atom stereocenters. The van der Waals surface area contributed by atoms with Crippen molar-refractivity contribution in [2.45, 2.75) is 19.9 Å². The molecule has 1 aliphatic rings. The highest BCUT2D eigenvalue weighted by Crippen LogP contribution is 2.22. The Bertz CT molecular complexity index is 464. The minimum absolute atomic E-state index is 0.222. The van der Waals surface area contributed by atoms with Gasteiger partial charge in [0.25, 0.3) is 0 Å². The lowest BCUT2D eigenvalue weighted by molar-refractivity contribution is 0.0527. The summed E-state index contributed by atoms with van der Waals surface area (Å²) < 4.78 is 10.4. The average molecular weight is 265 g/mol. The molecule has 1 aliphatic heterocycles. The van der Waals surface area contributed by atoms with Gasteiger partial charge in [0, 0.05) is 6.54 Å². The summed E-state index contributed by atoms with van der Waals surface area (Å²) >= 11 is 0. The second-order valence-corrected chi connectivity index (χ2v) is 4.47. The van der Waals surface area contributed by atoms with Crippen molar-refractivity contribution < 1.29 is 14.3 Å². The Morgan fingerprint density at radius 3 is 3.16 bits per heavy atom. The van der Waals surface area contributed by atoms with Crippen LogP contribution in [0.4, 0.5) is 11.5 Å². The molecule has 19 heavy (non-hydrogen) atoms. The number of anilines is 2. The molecule has 0 saturated carbocycles. The van der Waals surface area contributed by atoms with Crippen molar-refractivity contribution in [1.29, 1.82) is 0 Å². The van der Waals surface area contributed by atoms with Crippen molar-refractivity contribution in [1.82, 2.24) is 4.98 Å². The van der Waals surface area contributed by atoms with Gasteiger partial charge in [-0.1, -0.05) is 0 Å². The number of aromatic nitrogens is 1. The number of nitrogens with zero attached hydrogens (tertiary/aromatic N) is 2. The van der Waals surface area contributed by atoms with Crippen molar-refractivity contribution in [3.63, 3.8) is 0 Å². The van der Waals surface area contributed by atoms with E-state index in [9.17, 15) is 4.79 Å². The first-order valence-electron chi connectivity index (χ1n) is 6.40. The topological polar surface area (TPSA) is 77.7 Å². The van der Waals surface area contributed by atoms with Crippen molar-refractivity contribution in [3.05, 3.63) is 17.8 Å². The molecule has 1 aromatic rings. The molecule has 1 saturated heterocycles. The summed E-state index contributed by atoms with van der Waals surface area (Å²) in [5.41, 5.74) is 6.48. The van der Waals surface area contributed by atoms with Crippen LogP contribution in [-0.4, -0.2) is 43.4 Å². The van der Waals surface area contributed by atoms with Crippen LogP contribution in [0, 0.1) is 0 Å². The van der Waals surface area contributed by atoms with E-state index < -0.39 is 5.97 Å². The molecule has 1 aromatic heterocycles. The fourth-order valence-corrected chi connectivity index (χ4v) is 2.07. The first kappa shape index (κ1) is 13.6. The van der Waals surface area contributed by atoms with Gasteiger partial charge >= 0.3 is 5.97 Å². The molecule has 1 fully saturated rings. The van der Waals surface area contributed by atoms with E-state index in [0.29, 0.717) is 31.1 Å². The van der Waals surface area contributed by atoms with Gasteiger partial charge in [-0.05, 0) is 19.9 Å². The molecule has 0 amide bonds. The number of rotatable bonds is 3. The molecule has 0 radical (unpaired) electrons. The van der Waals surface area contributed by atoms with E-state index in [1.165, 1.54) is 6.20 Å². The fraction of sp³-hybridized carbons (Fsp3) is 0.538. The number of nitrogen functional groups attached to an aromatic ring is 1. The molecule has 0 bridgehead atoms. The van der Waals surface area contributed by atoms with E-state index in [2.05, 4.69) is 16.8 Å². The standard InChI is InChI=1S/C13H19N3O3/c1-3-19-13(17)10-6-12(15-7-11(10)14)16-4-5-18-8-9(16)2/h6-7,9H,3-5,8,14H2,1-2H3. The Labute approximate surface area is 112 Å². The maximum atomic E-state index is 11.8. The molecule has 2 heterocycles. The second kappa shape index (κ2) is 5.88. The summed E-state index contributed by atoms with van der Waals surface area (Å²) in [5, 5.41) is 0. The summed E-state index contributed by atoms with van der Waals surface area (Å²) in [6.07, 6.45) is 1.50. The molecule has 0 spiro atoms. The summed E-state index contributed by atoms with van der Waals surface area (Å²) in [7, 11) is 0. The van der Waals surface area contributed by atoms with E-state index in [0.717, 1.165) is 12.4 Å². The number of carbonyl (C=O) groups is 1. The van der Waals surface area contributed by atoms with Gasteiger partial charge in [0.2, 0.25) is 0 Å². The highest BCUT2D eigenvalue weighted by Gasteiger charge is 2.22. The van der Waals surface area contributed by atoms with E-state index in [4.69, 9.17) is 15.2 Å². The molecule has 0 aliphatic carbocycles. The average Bonchev–Trinajstić information content (AvgIpc) is 2.40. The number of esters is 1. The smallest absolute Gasteiger partial charge is 0.340 e. The number of pyridine rings is 1. The van der Waals surface area contributed by atoms with Crippen LogP contribution in [0.15, 0.2) is 12.3 Å². The summed E-state index contributed by atoms with van der Waals surface area (Å²) in [5.74, 6) is 0.317. The van der Waals surface area contributed by atoms with Crippen molar-refractivity contribution in [3.8, 4) is 0 Å². The number of hydrogen-bond donors (Lipinski definition) is 1. The Balaban J connectivity index is 2.27. The van der Waals surface area contributed by atoms with Gasteiger partial charge < -0.3 is 20.1 Å². The lowest BCUT2D eigenvalue weighted by atomic mass is 10.2. The van der Waals surface area contributed by atoms with Crippen LogP contribution < -0.4 is 10.6 Å². The van der Waals surface area contributed by atoms with Crippen LogP contribution in [0.5, 0.6) is 0 Å². The Morgan fingerprint density at radius 1 is 1.68 bits per heavy atom. The van der Waals surface area contributed by atoms with Crippen molar-refractivity contribution in [2.24, 2.45) is 0 Å². The fourth-order valence-electron chi connectivity index (χ4n) is 2.07. The first-order valence-corrected chi connectivity index (χ1v) is 6.40. The zero-order chi connectivity index (χ0) is 13.8. The maximum Gasteiger partial charge on any atom is 0.340 e. The molecule has 0 aromatic carbocycles. The van der Waals surface area contributed by atoms with Crippen LogP contribution in [0.25, 0.3) is 0 Å². The number of morpholine rings is 1. The van der Waals surface area contributed by atoms with E-state index in [1.54, 1.807) is 13.0 Å². The van der Waals surface area contributed by atoms with Gasteiger partial charge in [0.1, 0.15) is 5.82 Å². The second-order valence-electron chi connectivity index (χ2n) is 4.47. The van der Waals surface area contributed by atoms with Gasteiger partial charge in [0.15, 0.2) is 0 Å². The number of ether oxygens (including phenoxy) is 2. The molecule has 2 rings (SSSR count). The van der Waals surface area contributed by atoms with Crippen LogP contribution in [0.3, 0.4) is 0 Å². The summed E-state index contributed by atoms with van der Waals surface area (Å²) in [6, 6.07) is 1.91. The van der Waals surface area contributed by atoms with Crippen LogP contribution in [0.1, 0.15) is 24.2 Å². The predicted octanol–water partition coefficient (Wildman–Crippen LogP) is 1.07. The van der Waals surface area contributed by atoms with E-state index in [1.807, 2.05) is 0 Å². The van der Waals surface area contributed by atoms with Gasteiger partial charge in [-0.25, -0.2) is 9.78 Å².